The summed E-state index contributed by atoms with van der Waals surface area (Å²) in [6.45, 7) is 0. The zero-order valence-corrected chi connectivity index (χ0v) is 10.4. The van der Waals surface area contributed by atoms with Crippen molar-refractivity contribution in [1.29, 1.82) is 0 Å². The molecular weight excluding hydrogens is 291 g/mol. The zero-order valence-electron chi connectivity index (χ0n) is 9.41. The van der Waals surface area contributed by atoms with Crippen LogP contribution in [0.5, 0.6) is 11.5 Å². The Balaban J connectivity index is 0.00000133. The predicted molar refractivity (Wildman–Crippen MR) is 58.6 cm³/mol. The smallest absolute Gasteiger partial charge is 0.873 e. The Kier molecular flexibility index (Phi) is 3.17. The number of rotatable bonds is 0. The number of carbonyl (C=O) groups is 2. The summed E-state index contributed by atoms with van der Waals surface area (Å²) in [4.78, 5) is 24.3. The van der Waals surface area contributed by atoms with Gasteiger partial charge in [0.25, 0.3) is 0 Å². The molecule has 0 heterocycles. The molecule has 0 atom stereocenters. The van der Waals surface area contributed by atoms with Crippen LogP contribution in [0.15, 0.2) is 36.4 Å². The number of hydrogen-bond acceptors (Lipinski definition) is 4. The van der Waals surface area contributed by atoms with Crippen molar-refractivity contribution in [2.75, 3.05) is 0 Å². The van der Waals surface area contributed by atoms with Gasteiger partial charge in [-0.25, -0.2) is 0 Å². The summed E-state index contributed by atoms with van der Waals surface area (Å²) in [6, 6.07) is 8.55. The Bertz CT molecular complexity index is 707. The first-order chi connectivity index (χ1) is 8.61. The molecule has 0 saturated carbocycles. The van der Waals surface area contributed by atoms with E-state index in [0.717, 1.165) is 6.07 Å². The standard InChI is InChI=1S/C14H8O4.Ni/c15-10-6-5-9-11(14(10)18)13(17)8-4-2-1-3-7(8)12(9)16;/h1-6,15,18H;/q;+2/p-2. The molecule has 2 aromatic carbocycles. The van der Waals surface area contributed by atoms with E-state index in [1.54, 1.807) is 12.1 Å². The number of ketones is 2. The SMILES string of the molecule is O=C1c2ccccc2C(=O)c2c1ccc([O-])c2[O-].[Ni+2]. The van der Waals surface area contributed by atoms with Crippen molar-refractivity contribution in [3.05, 3.63) is 58.7 Å². The first-order valence-electron chi connectivity index (χ1n) is 5.30. The molecule has 0 bridgehead atoms. The Morgan fingerprint density at radius 1 is 0.737 bits per heavy atom. The van der Waals surface area contributed by atoms with Crippen LogP contribution in [0.2, 0.25) is 0 Å². The van der Waals surface area contributed by atoms with E-state index in [2.05, 4.69) is 0 Å². The topological polar surface area (TPSA) is 80.3 Å². The van der Waals surface area contributed by atoms with Gasteiger partial charge in [0, 0.05) is 22.3 Å². The molecule has 0 N–H and O–H groups in total. The van der Waals surface area contributed by atoms with E-state index in [9.17, 15) is 19.8 Å². The molecule has 3 rings (SSSR count). The van der Waals surface area contributed by atoms with E-state index in [1.165, 1.54) is 18.2 Å². The first-order valence-corrected chi connectivity index (χ1v) is 5.30. The number of fused-ring (bicyclic) bond motifs is 2. The van der Waals surface area contributed by atoms with E-state index in [4.69, 9.17) is 0 Å². The van der Waals surface area contributed by atoms with Crippen molar-refractivity contribution in [2.24, 2.45) is 0 Å². The second-order valence-corrected chi connectivity index (χ2v) is 4.02. The van der Waals surface area contributed by atoms with Crippen LogP contribution in [-0.2, 0) is 16.5 Å². The largest absolute Gasteiger partial charge is 2.00 e. The molecule has 0 radical (unpaired) electrons. The number of carbonyl (C=O) groups excluding carboxylic acids is 2. The summed E-state index contributed by atoms with van der Waals surface area (Å²) in [7, 11) is 0. The van der Waals surface area contributed by atoms with Gasteiger partial charge in [-0.05, 0) is 0 Å². The second kappa shape index (κ2) is 4.52. The maximum Gasteiger partial charge on any atom is 2.00 e. The van der Waals surface area contributed by atoms with Crippen LogP contribution in [0.25, 0.3) is 0 Å². The summed E-state index contributed by atoms with van der Waals surface area (Å²) < 4.78 is 0. The van der Waals surface area contributed by atoms with Gasteiger partial charge in [-0.2, -0.15) is 0 Å². The van der Waals surface area contributed by atoms with Crippen molar-refractivity contribution in [3.8, 4) is 11.5 Å². The van der Waals surface area contributed by atoms with Crippen molar-refractivity contribution in [2.45, 2.75) is 0 Å². The first kappa shape index (κ1) is 13.3. The van der Waals surface area contributed by atoms with Gasteiger partial charge in [0.1, 0.15) is 0 Å². The molecular formula is C14H6NiO4. The molecule has 0 aliphatic heterocycles. The fourth-order valence-corrected chi connectivity index (χ4v) is 2.14. The fraction of sp³-hybridized carbons (Fsp3) is 0. The number of benzene rings is 2. The molecule has 19 heavy (non-hydrogen) atoms. The third-order valence-corrected chi connectivity index (χ3v) is 3.01. The van der Waals surface area contributed by atoms with Gasteiger partial charge in [-0.3, -0.25) is 9.59 Å². The Morgan fingerprint density at radius 3 is 1.95 bits per heavy atom. The van der Waals surface area contributed by atoms with E-state index in [1.807, 2.05) is 0 Å². The average Bonchev–Trinajstić information content (AvgIpc) is 2.39. The van der Waals surface area contributed by atoms with Gasteiger partial charge < -0.3 is 10.2 Å². The molecule has 0 aromatic heterocycles. The van der Waals surface area contributed by atoms with Crippen LogP contribution in [0, 0.1) is 0 Å². The van der Waals surface area contributed by atoms with E-state index < -0.39 is 23.1 Å². The quantitative estimate of drug-likeness (QED) is 0.569. The van der Waals surface area contributed by atoms with Gasteiger partial charge in [-0.15, -0.1) is 11.5 Å². The molecule has 96 valence electrons. The minimum atomic E-state index is -0.902. The third kappa shape index (κ3) is 1.74. The van der Waals surface area contributed by atoms with E-state index in [0.29, 0.717) is 0 Å². The van der Waals surface area contributed by atoms with Gasteiger partial charge in [0.05, 0.1) is 0 Å². The predicted octanol–water partition coefficient (Wildman–Crippen LogP) is 0.607. The Hall–Kier alpha value is -2.13. The van der Waals surface area contributed by atoms with Crippen molar-refractivity contribution in [1.82, 2.24) is 0 Å². The summed E-state index contributed by atoms with van der Waals surface area (Å²) >= 11 is 0. The van der Waals surface area contributed by atoms with Gasteiger partial charge in [-0.1, -0.05) is 36.4 Å². The summed E-state index contributed by atoms with van der Waals surface area (Å²) in [6.07, 6.45) is 0. The summed E-state index contributed by atoms with van der Waals surface area (Å²) in [5, 5.41) is 23.0. The number of hydrogen-bond donors (Lipinski definition) is 0. The van der Waals surface area contributed by atoms with Crippen molar-refractivity contribution < 1.29 is 36.3 Å². The maximum absolute atomic E-state index is 12.1. The van der Waals surface area contributed by atoms with Crippen LogP contribution < -0.4 is 10.2 Å². The van der Waals surface area contributed by atoms with Crippen LogP contribution >= 0.6 is 0 Å². The van der Waals surface area contributed by atoms with Crippen LogP contribution in [0.3, 0.4) is 0 Å². The molecule has 5 heteroatoms. The molecule has 2 aromatic rings. The Labute approximate surface area is 118 Å². The second-order valence-electron chi connectivity index (χ2n) is 4.02. The minimum Gasteiger partial charge on any atom is -0.873 e. The molecule has 0 fully saturated rings. The van der Waals surface area contributed by atoms with Gasteiger partial charge in [0.2, 0.25) is 0 Å². The maximum atomic E-state index is 12.1. The summed E-state index contributed by atoms with van der Waals surface area (Å²) in [5.41, 5.74) is 0.167. The van der Waals surface area contributed by atoms with Crippen LogP contribution in [0.4, 0.5) is 0 Å². The zero-order chi connectivity index (χ0) is 12.9. The minimum absolute atomic E-state index is 0. The molecule has 0 amide bonds. The monoisotopic (exact) mass is 296 g/mol. The molecule has 1 aliphatic rings. The van der Waals surface area contributed by atoms with Gasteiger partial charge in [0.15, 0.2) is 11.6 Å². The van der Waals surface area contributed by atoms with Gasteiger partial charge >= 0.3 is 16.5 Å². The molecule has 0 saturated heterocycles. The van der Waals surface area contributed by atoms with Crippen LogP contribution in [-0.4, -0.2) is 11.6 Å². The third-order valence-electron chi connectivity index (χ3n) is 3.01. The van der Waals surface area contributed by atoms with E-state index in [-0.39, 0.29) is 38.7 Å². The van der Waals surface area contributed by atoms with Crippen molar-refractivity contribution in [3.63, 3.8) is 0 Å². The van der Waals surface area contributed by atoms with E-state index >= 15 is 0 Å². The molecule has 1 aliphatic carbocycles. The average molecular weight is 297 g/mol. The molecule has 0 unspecified atom stereocenters. The summed E-state index contributed by atoms with van der Waals surface area (Å²) in [5.74, 6) is -2.62. The van der Waals surface area contributed by atoms with Crippen LogP contribution in [0.1, 0.15) is 31.8 Å². The molecule has 4 nitrogen and oxygen atoms in total. The normalized spacial score (nSPS) is 12.4. The molecule has 0 spiro atoms. The Morgan fingerprint density at radius 2 is 1.32 bits per heavy atom. The van der Waals surface area contributed by atoms with Crippen molar-refractivity contribution >= 4 is 11.6 Å². The fourth-order valence-electron chi connectivity index (χ4n) is 2.14.